The second kappa shape index (κ2) is 9.77. The van der Waals surface area contributed by atoms with E-state index in [4.69, 9.17) is 9.47 Å². The normalized spacial score (nSPS) is 15.0. The third kappa shape index (κ3) is 4.09. The molecule has 4 rings (SSSR count). The summed E-state index contributed by atoms with van der Waals surface area (Å²) >= 11 is 0. The van der Waals surface area contributed by atoms with Crippen LogP contribution in [0, 0.1) is 13.8 Å². The van der Waals surface area contributed by atoms with Gasteiger partial charge in [0.05, 0.1) is 26.4 Å². The van der Waals surface area contributed by atoms with E-state index in [-0.39, 0.29) is 24.8 Å². The lowest BCUT2D eigenvalue weighted by molar-refractivity contribution is 0.0706. The quantitative estimate of drug-likeness (QED) is 0.410. The van der Waals surface area contributed by atoms with Gasteiger partial charge in [-0.05, 0) is 55.2 Å². The summed E-state index contributed by atoms with van der Waals surface area (Å²) < 4.78 is 11.5. The number of aromatic amines is 1. The fraction of sp³-hybridized carbons (Fsp3) is 0.385. The van der Waals surface area contributed by atoms with Crippen LogP contribution in [0.15, 0.2) is 30.3 Å². The van der Waals surface area contributed by atoms with Gasteiger partial charge in [-0.25, -0.2) is 0 Å². The second-order valence-electron chi connectivity index (χ2n) is 8.57. The number of amides is 1. The molecule has 8 nitrogen and oxygen atoms in total. The minimum atomic E-state index is -0.512. The molecule has 0 spiro atoms. The molecule has 180 valence electrons. The van der Waals surface area contributed by atoms with Gasteiger partial charge in [0, 0.05) is 17.7 Å². The van der Waals surface area contributed by atoms with Crippen LogP contribution in [0.25, 0.3) is 11.3 Å². The van der Waals surface area contributed by atoms with Crippen molar-refractivity contribution < 1.29 is 24.5 Å². The molecule has 1 atom stereocenters. The summed E-state index contributed by atoms with van der Waals surface area (Å²) in [5.41, 5.74) is 4.72. The van der Waals surface area contributed by atoms with Crippen LogP contribution < -0.4 is 9.47 Å². The lowest BCUT2D eigenvalue weighted by Gasteiger charge is -2.26. The number of β-amino-alcohol motifs (C(OH)–C–C–N with tert-alkyl or cyclic N) is 1. The summed E-state index contributed by atoms with van der Waals surface area (Å²) in [5.74, 6) is 1.06. The van der Waals surface area contributed by atoms with Crippen LogP contribution in [0.3, 0.4) is 0 Å². The number of unbranched alkanes of at least 4 members (excludes halogenated alkanes) is 1. The number of fused-ring (bicyclic) bond motifs is 1. The number of rotatable bonds is 9. The van der Waals surface area contributed by atoms with Gasteiger partial charge in [-0.1, -0.05) is 25.5 Å². The van der Waals surface area contributed by atoms with Gasteiger partial charge in [0.25, 0.3) is 5.91 Å². The average Bonchev–Trinajstić information content (AvgIpc) is 3.33. The first-order valence-corrected chi connectivity index (χ1v) is 11.5. The molecule has 2 aromatic carbocycles. The number of hydrogen-bond donors (Lipinski definition) is 3. The van der Waals surface area contributed by atoms with Crippen molar-refractivity contribution in [1.29, 1.82) is 0 Å². The van der Waals surface area contributed by atoms with Crippen molar-refractivity contribution in [2.75, 3.05) is 26.9 Å². The van der Waals surface area contributed by atoms with Crippen LogP contribution >= 0.6 is 0 Å². The van der Waals surface area contributed by atoms with Crippen molar-refractivity contribution in [2.24, 2.45) is 0 Å². The zero-order valence-corrected chi connectivity index (χ0v) is 20.0. The number of aromatic hydroxyl groups is 1. The van der Waals surface area contributed by atoms with Crippen LogP contribution in [0.1, 0.15) is 58.5 Å². The maximum absolute atomic E-state index is 13.3. The van der Waals surface area contributed by atoms with Crippen molar-refractivity contribution in [3.63, 3.8) is 0 Å². The highest BCUT2D eigenvalue weighted by Crippen LogP contribution is 2.46. The number of phenolic OH excluding ortho intramolecular Hbond substituents is 1. The number of phenols is 1. The van der Waals surface area contributed by atoms with E-state index >= 15 is 0 Å². The second-order valence-corrected chi connectivity index (χ2v) is 8.57. The molecule has 0 aliphatic carbocycles. The standard InChI is InChI=1S/C26H31N3O5/c1-5-6-11-34-19-8-7-17(14-20(19)33-4)25-22-23(21-16(3)12-15(2)13-18(21)31)27-28-24(22)26(32)29(25)9-10-30/h7-8,12-14,25,30-31H,5-6,9-11H2,1-4H3,(H,27,28)/t25-/m0/s1. The highest BCUT2D eigenvalue weighted by Gasteiger charge is 2.42. The molecule has 0 radical (unpaired) electrons. The lowest BCUT2D eigenvalue weighted by atomic mass is 9.93. The number of benzene rings is 2. The van der Waals surface area contributed by atoms with E-state index < -0.39 is 6.04 Å². The van der Waals surface area contributed by atoms with Gasteiger partial charge in [0.15, 0.2) is 11.5 Å². The molecule has 1 aliphatic heterocycles. The molecule has 0 bridgehead atoms. The number of nitrogens with one attached hydrogen (secondary N) is 1. The molecule has 34 heavy (non-hydrogen) atoms. The Kier molecular flexibility index (Phi) is 6.79. The van der Waals surface area contributed by atoms with Gasteiger partial charge < -0.3 is 24.6 Å². The molecule has 3 aromatic rings. The molecular weight excluding hydrogens is 434 g/mol. The number of aliphatic hydroxyl groups is 1. The minimum Gasteiger partial charge on any atom is -0.507 e. The smallest absolute Gasteiger partial charge is 0.273 e. The lowest BCUT2D eigenvalue weighted by Crippen LogP contribution is -2.32. The Balaban J connectivity index is 1.84. The van der Waals surface area contributed by atoms with Gasteiger partial charge in [0.2, 0.25) is 0 Å². The van der Waals surface area contributed by atoms with Crippen molar-refractivity contribution in [3.05, 3.63) is 58.3 Å². The van der Waals surface area contributed by atoms with E-state index in [2.05, 4.69) is 17.1 Å². The molecule has 1 amide bonds. The number of H-pyrrole nitrogens is 1. The van der Waals surface area contributed by atoms with E-state index in [1.165, 1.54) is 0 Å². The molecule has 1 aromatic heterocycles. The van der Waals surface area contributed by atoms with Gasteiger partial charge in [0.1, 0.15) is 17.1 Å². The number of aryl methyl sites for hydroxylation is 2. The Bertz CT molecular complexity index is 1180. The van der Waals surface area contributed by atoms with E-state index in [9.17, 15) is 15.0 Å². The molecule has 2 heterocycles. The zero-order chi connectivity index (χ0) is 24.4. The van der Waals surface area contributed by atoms with Crippen molar-refractivity contribution in [3.8, 4) is 28.5 Å². The summed E-state index contributed by atoms with van der Waals surface area (Å²) in [5, 5.41) is 27.8. The fourth-order valence-corrected chi connectivity index (χ4v) is 4.63. The molecule has 0 saturated heterocycles. The molecule has 1 aliphatic rings. The highest BCUT2D eigenvalue weighted by atomic mass is 16.5. The first kappa shape index (κ1) is 23.6. The third-order valence-electron chi connectivity index (χ3n) is 6.16. The Hall–Kier alpha value is -3.52. The van der Waals surface area contributed by atoms with E-state index in [0.717, 1.165) is 29.5 Å². The predicted molar refractivity (Wildman–Crippen MR) is 129 cm³/mol. The zero-order valence-electron chi connectivity index (χ0n) is 20.0. The number of methoxy groups -OCH3 is 1. The number of carbonyl (C=O) groups excluding carboxylic acids is 1. The van der Waals surface area contributed by atoms with Crippen molar-refractivity contribution in [2.45, 2.75) is 39.7 Å². The number of hydrogen-bond acceptors (Lipinski definition) is 6. The Morgan fingerprint density at radius 2 is 1.97 bits per heavy atom. The molecule has 0 unspecified atom stereocenters. The van der Waals surface area contributed by atoms with Crippen LogP contribution in [0.2, 0.25) is 0 Å². The Morgan fingerprint density at radius 3 is 2.65 bits per heavy atom. The summed E-state index contributed by atoms with van der Waals surface area (Å²) in [6, 6.07) is 8.75. The molecule has 8 heteroatoms. The number of carbonyl (C=O) groups is 1. The summed E-state index contributed by atoms with van der Waals surface area (Å²) in [7, 11) is 1.58. The average molecular weight is 466 g/mol. The molecule has 0 fully saturated rings. The largest absolute Gasteiger partial charge is 0.507 e. The van der Waals surface area contributed by atoms with E-state index in [1.54, 1.807) is 18.1 Å². The van der Waals surface area contributed by atoms with Crippen molar-refractivity contribution in [1.82, 2.24) is 15.1 Å². The van der Waals surface area contributed by atoms with E-state index in [1.807, 2.05) is 38.1 Å². The highest BCUT2D eigenvalue weighted by molar-refractivity contribution is 6.00. The first-order chi connectivity index (χ1) is 16.4. The molecule has 3 N–H and O–H groups in total. The SMILES string of the molecule is CCCCOc1ccc([C@H]2c3c(-c4c(C)cc(C)cc4O)n[nH]c3C(=O)N2CCO)cc1OC. The van der Waals surface area contributed by atoms with Gasteiger partial charge in [-0.3, -0.25) is 9.89 Å². The van der Waals surface area contributed by atoms with Gasteiger partial charge >= 0.3 is 0 Å². The summed E-state index contributed by atoms with van der Waals surface area (Å²) in [6.45, 7) is 6.49. The molecule has 0 saturated carbocycles. The fourth-order valence-electron chi connectivity index (χ4n) is 4.63. The summed E-state index contributed by atoms with van der Waals surface area (Å²) in [4.78, 5) is 14.9. The maximum atomic E-state index is 13.3. The van der Waals surface area contributed by atoms with E-state index in [0.29, 0.717) is 40.6 Å². The Morgan fingerprint density at radius 1 is 1.18 bits per heavy atom. The molecular formula is C26H31N3O5. The van der Waals surface area contributed by atoms with Gasteiger partial charge in [-0.2, -0.15) is 5.10 Å². The Labute approximate surface area is 199 Å². The number of nitrogens with zero attached hydrogens (tertiary/aromatic N) is 2. The van der Waals surface area contributed by atoms with Gasteiger partial charge in [-0.15, -0.1) is 0 Å². The minimum absolute atomic E-state index is 0.107. The van der Waals surface area contributed by atoms with Crippen LogP contribution in [-0.2, 0) is 0 Å². The maximum Gasteiger partial charge on any atom is 0.273 e. The number of ether oxygens (including phenoxy) is 2. The van der Waals surface area contributed by atoms with Crippen LogP contribution in [0.5, 0.6) is 17.2 Å². The monoisotopic (exact) mass is 465 g/mol. The topological polar surface area (TPSA) is 108 Å². The number of aromatic nitrogens is 2. The predicted octanol–water partition coefficient (Wildman–Crippen LogP) is 4.12. The van der Waals surface area contributed by atoms with Crippen LogP contribution in [0.4, 0.5) is 0 Å². The van der Waals surface area contributed by atoms with Crippen LogP contribution in [-0.4, -0.2) is 58.1 Å². The van der Waals surface area contributed by atoms with Crippen molar-refractivity contribution >= 4 is 5.91 Å². The third-order valence-corrected chi connectivity index (χ3v) is 6.16. The number of aliphatic hydroxyl groups excluding tert-OH is 1. The summed E-state index contributed by atoms with van der Waals surface area (Å²) in [6.07, 6.45) is 1.96. The first-order valence-electron chi connectivity index (χ1n) is 11.5.